The molecule has 0 amide bonds. The van der Waals surface area contributed by atoms with Gasteiger partial charge in [0.25, 0.3) is 0 Å². The van der Waals surface area contributed by atoms with Crippen LogP contribution in [-0.2, 0) is 6.54 Å². The SMILES string of the molecule is O=C1/C(=C/c2n[nH]c3ccc(F)cc23)Oc2c1cc(Cl)c(O)c2CN1CCNCC1. The monoisotopic (exact) mass is 428 g/mol. The highest BCUT2D eigenvalue weighted by Crippen LogP contribution is 2.44. The molecule has 30 heavy (non-hydrogen) atoms. The van der Waals surface area contributed by atoms with Crippen LogP contribution in [0.2, 0.25) is 5.02 Å². The fourth-order valence-corrected chi connectivity index (χ4v) is 4.05. The van der Waals surface area contributed by atoms with Gasteiger partial charge >= 0.3 is 0 Å². The molecule has 0 bridgehead atoms. The van der Waals surface area contributed by atoms with E-state index in [0.717, 1.165) is 26.2 Å². The maximum absolute atomic E-state index is 13.7. The van der Waals surface area contributed by atoms with Gasteiger partial charge in [0.05, 0.1) is 27.4 Å². The molecule has 154 valence electrons. The molecule has 5 rings (SSSR count). The second-order valence-corrected chi connectivity index (χ2v) is 7.73. The predicted molar refractivity (Wildman–Crippen MR) is 110 cm³/mol. The van der Waals surface area contributed by atoms with Crippen LogP contribution in [0.1, 0.15) is 21.6 Å². The van der Waals surface area contributed by atoms with E-state index in [0.29, 0.717) is 40.0 Å². The third-order valence-corrected chi connectivity index (χ3v) is 5.68. The van der Waals surface area contributed by atoms with E-state index >= 15 is 0 Å². The van der Waals surface area contributed by atoms with Crippen LogP contribution < -0.4 is 10.1 Å². The minimum Gasteiger partial charge on any atom is -0.506 e. The van der Waals surface area contributed by atoms with Crippen LogP contribution in [0.4, 0.5) is 4.39 Å². The number of allylic oxidation sites excluding steroid dienone is 1. The lowest BCUT2D eigenvalue weighted by Gasteiger charge is -2.28. The van der Waals surface area contributed by atoms with E-state index in [1.54, 1.807) is 6.07 Å². The number of rotatable bonds is 3. The molecule has 1 saturated heterocycles. The summed E-state index contributed by atoms with van der Waals surface area (Å²) in [5.74, 6) is -0.500. The summed E-state index contributed by atoms with van der Waals surface area (Å²) in [4.78, 5) is 15.1. The number of phenolic OH excluding ortho intramolecular Hbond substituents is 1. The summed E-state index contributed by atoms with van der Waals surface area (Å²) >= 11 is 6.20. The number of ether oxygens (including phenoxy) is 1. The standard InChI is InChI=1S/C21H18ClFN4O3/c22-15-8-13-20(29)18(9-17-12-7-11(23)1-2-16(12)25-26-17)30-21(13)14(19(15)28)10-27-5-3-24-4-6-27/h1-2,7-9,24,28H,3-6,10H2,(H,25,26)/b18-9-. The number of aromatic amines is 1. The van der Waals surface area contributed by atoms with Crippen molar-refractivity contribution in [1.82, 2.24) is 20.4 Å². The first-order chi connectivity index (χ1) is 14.5. The van der Waals surface area contributed by atoms with Crippen molar-refractivity contribution in [1.29, 1.82) is 0 Å². The normalized spacial score (nSPS) is 18.2. The first-order valence-electron chi connectivity index (χ1n) is 9.56. The number of fused-ring (bicyclic) bond motifs is 2. The van der Waals surface area contributed by atoms with Crippen molar-refractivity contribution in [3.05, 3.63) is 57.7 Å². The van der Waals surface area contributed by atoms with E-state index in [-0.39, 0.29) is 22.3 Å². The molecule has 3 N–H and O–H groups in total. The third kappa shape index (κ3) is 3.23. The van der Waals surface area contributed by atoms with Gasteiger partial charge in [-0.1, -0.05) is 11.6 Å². The average Bonchev–Trinajstić information content (AvgIpc) is 3.28. The molecular weight excluding hydrogens is 411 g/mol. The van der Waals surface area contributed by atoms with E-state index in [1.807, 2.05) is 0 Å². The summed E-state index contributed by atoms with van der Waals surface area (Å²) < 4.78 is 19.5. The van der Waals surface area contributed by atoms with E-state index in [2.05, 4.69) is 20.4 Å². The van der Waals surface area contributed by atoms with Gasteiger partial charge in [-0.2, -0.15) is 5.10 Å². The maximum atomic E-state index is 13.7. The average molecular weight is 429 g/mol. The fraction of sp³-hybridized carbons (Fsp3) is 0.238. The van der Waals surface area contributed by atoms with Crippen molar-refractivity contribution in [2.75, 3.05) is 26.2 Å². The highest BCUT2D eigenvalue weighted by atomic mass is 35.5. The minimum atomic E-state index is -0.402. The molecule has 2 aliphatic heterocycles. The number of hydrogen-bond acceptors (Lipinski definition) is 6. The molecule has 9 heteroatoms. The van der Waals surface area contributed by atoms with Crippen LogP contribution in [0.15, 0.2) is 30.0 Å². The van der Waals surface area contributed by atoms with Gasteiger partial charge in [0.1, 0.15) is 17.3 Å². The number of phenols is 1. The summed E-state index contributed by atoms with van der Waals surface area (Å²) in [6.45, 7) is 3.71. The largest absolute Gasteiger partial charge is 0.506 e. The molecule has 3 aromatic rings. The Bertz CT molecular complexity index is 1200. The summed E-state index contributed by atoms with van der Waals surface area (Å²) in [6.07, 6.45) is 1.47. The van der Waals surface area contributed by atoms with Crippen LogP contribution >= 0.6 is 11.6 Å². The molecule has 0 atom stereocenters. The summed E-state index contributed by atoms with van der Waals surface area (Å²) in [5.41, 5.74) is 1.81. The van der Waals surface area contributed by atoms with Crippen LogP contribution in [0, 0.1) is 5.82 Å². The first-order valence-corrected chi connectivity index (χ1v) is 9.94. The molecule has 0 radical (unpaired) electrons. The number of nitrogens with zero attached hydrogens (tertiary/aromatic N) is 2. The number of ketones is 1. The lowest BCUT2D eigenvalue weighted by molar-refractivity contribution is 0.101. The van der Waals surface area contributed by atoms with Crippen LogP contribution in [-0.4, -0.2) is 52.2 Å². The number of piperazine rings is 1. The molecular formula is C21H18ClFN4O3. The Labute approximate surface area is 176 Å². The quantitative estimate of drug-likeness (QED) is 0.555. The number of aromatic nitrogens is 2. The fourth-order valence-electron chi connectivity index (χ4n) is 3.82. The summed E-state index contributed by atoms with van der Waals surface area (Å²) in [5, 5.41) is 21.4. The highest BCUT2D eigenvalue weighted by molar-refractivity contribution is 6.33. The smallest absolute Gasteiger partial charge is 0.232 e. The van der Waals surface area contributed by atoms with E-state index < -0.39 is 5.82 Å². The zero-order valence-corrected chi connectivity index (χ0v) is 16.6. The molecule has 7 nitrogen and oxygen atoms in total. The maximum Gasteiger partial charge on any atom is 0.232 e. The Balaban J connectivity index is 1.54. The second-order valence-electron chi connectivity index (χ2n) is 7.33. The number of benzene rings is 2. The zero-order chi connectivity index (χ0) is 20.8. The number of nitrogens with one attached hydrogen (secondary N) is 2. The number of carbonyl (C=O) groups excluding carboxylic acids is 1. The molecule has 3 heterocycles. The zero-order valence-electron chi connectivity index (χ0n) is 15.8. The van der Waals surface area contributed by atoms with E-state index in [9.17, 15) is 14.3 Å². The van der Waals surface area contributed by atoms with Gasteiger partial charge in [-0.25, -0.2) is 4.39 Å². The van der Waals surface area contributed by atoms with Crippen molar-refractivity contribution in [2.24, 2.45) is 0 Å². The number of H-pyrrole nitrogens is 1. The molecule has 0 spiro atoms. The molecule has 0 saturated carbocycles. The van der Waals surface area contributed by atoms with E-state index in [1.165, 1.54) is 24.3 Å². The van der Waals surface area contributed by atoms with Crippen molar-refractivity contribution < 1.29 is 19.0 Å². The van der Waals surface area contributed by atoms with Crippen molar-refractivity contribution in [3.63, 3.8) is 0 Å². The van der Waals surface area contributed by atoms with Crippen molar-refractivity contribution >= 4 is 34.4 Å². The predicted octanol–water partition coefficient (Wildman–Crippen LogP) is 3.08. The molecule has 2 aliphatic rings. The third-order valence-electron chi connectivity index (χ3n) is 5.40. The number of hydrogen-bond donors (Lipinski definition) is 3. The molecule has 0 aliphatic carbocycles. The number of Topliss-reactive ketones (excluding diaryl/α,β-unsaturated/α-hetero) is 1. The van der Waals surface area contributed by atoms with Crippen LogP contribution in [0.3, 0.4) is 0 Å². The molecule has 2 aromatic carbocycles. The Morgan fingerprint density at radius 2 is 2.10 bits per heavy atom. The van der Waals surface area contributed by atoms with E-state index in [4.69, 9.17) is 16.3 Å². The van der Waals surface area contributed by atoms with Gasteiger partial charge in [0.15, 0.2) is 5.76 Å². The van der Waals surface area contributed by atoms with Gasteiger partial charge in [-0.15, -0.1) is 0 Å². The van der Waals surface area contributed by atoms with Crippen LogP contribution in [0.5, 0.6) is 11.5 Å². The topological polar surface area (TPSA) is 90.5 Å². The Kier molecular flexibility index (Phi) is 4.69. The van der Waals surface area contributed by atoms with Gasteiger partial charge in [-0.3, -0.25) is 14.8 Å². The first kappa shape index (κ1) is 19.0. The number of aromatic hydroxyl groups is 1. The van der Waals surface area contributed by atoms with Gasteiger partial charge < -0.3 is 15.2 Å². The van der Waals surface area contributed by atoms with Gasteiger partial charge in [0.2, 0.25) is 5.78 Å². The van der Waals surface area contributed by atoms with Crippen molar-refractivity contribution in [2.45, 2.75) is 6.54 Å². The van der Waals surface area contributed by atoms with Crippen molar-refractivity contribution in [3.8, 4) is 11.5 Å². The lowest BCUT2D eigenvalue weighted by Crippen LogP contribution is -2.42. The number of carbonyl (C=O) groups is 1. The molecule has 1 fully saturated rings. The Hall–Kier alpha value is -2.94. The second kappa shape index (κ2) is 7.39. The van der Waals surface area contributed by atoms with Gasteiger partial charge in [-0.05, 0) is 24.3 Å². The summed E-state index contributed by atoms with van der Waals surface area (Å²) in [7, 11) is 0. The highest BCUT2D eigenvalue weighted by Gasteiger charge is 2.33. The number of halogens is 2. The molecule has 1 aromatic heterocycles. The summed E-state index contributed by atoms with van der Waals surface area (Å²) in [6, 6.07) is 5.67. The Morgan fingerprint density at radius 3 is 2.90 bits per heavy atom. The minimum absolute atomic E-state index is 0.0471. The molecule has 0 unspecified atom stereocenters. The van der Waals surface area contributed by atoms with Gasteiger partial charge in [0, 0.05) is 44.2 Å². The van der Waals surface area contributed by atoms with Crippen LogP contribution in [0.25, 0.3) is 17.0 Å². The lowest BCUT2D eigenvalue weighted by atomic mass is 10.0. The Morgan fingerprint density at radius 1 is 1.30 bits per heavy atom.